The van der Waals surface area contributed by atoms with Crippen LogP contribution in [0.25, 0.3) is 11.4 Å². The van der Waals surface area contributed by atoms with E-state index in [1.807, 2.05) is 29.7 Å². The lowest BCUT2D eigenvalue weighted by molar-refractivity contribution is -0.387. The maximum atomic E-state index is 12.7. The van der Waals surface area contributed by atoms with Gasteiger partial charge in [-0.15, -0.1) is 10.2 Å². The van der Waals surface area contributed by atoms with Crippen molar-refractivity contribution in [2.75, 3.05) is 0 Å². The van der Waals surface area contributed by atoms with Crippen molar-refractivity contribution in [1.29, 1.82) is 0 Å². The summed E-state index contributed by atoms with van der Waals surface area (Å²) < 4.78 is 1.94. The summed E-state index contributed by atoms with van der Waals surface area (Å²) in [5.74, 6) is 0.412. The number of rotatable bonds is 8. The summed E-state index contributed by atoms with van der Waals surface area (Å²) in [5, 5.41) is 20.9. The zero-order valence-electron chi connectivity index (χ0n) is 17.2. The highest BCUT2D eigenvalue weighted by Gasteiger charge is 2.22. The highest BCUT2D eigenvalue weighted by atomic mass is 32.2. The first-order valence-electron chi connectivity index (χ1n) is 9.98. The molecule has 0 aliphatic heterocycles. The first-order valence-corrected chi connectivity index (χ1v) is 10.8. The van der Waals surface area contributed by atoms with Gasteiger partial charge >= 0.3 is 0 Å². The lowest BCUT2D eigenvalue weighted by atomic mass is 10.0. The van der Waals surface area contributed by atoms with Gasteiger partial charge in [0, 0.05) is 41.7 Å². The third-order valence-corrected chi connectivity index (χ3v) is 5.81. The van der Waals surface area contributed by atoms with Gasteiger partial charge in [0.15, 0.2) is 16.8 Å². The van der Waals surface area contributed by atoms with Crippen LogP contribution in [0.2, 0.25) is 0 Å². The summed E-state index contributed by atoms with van der Waals surface area (Å²) in [5.41, 5.74) is 1.46. The topological polar surface area (TPSA) is 104 Å². The van der Waals surface area contributed by atoms with Crippen molar-refractivity contribution >= 4 is 23.2 Å². The molecule has 0 atom stereocenters. The Morgan fingerprint density at radius 3 is 2.47 bits per heavy atom. The van der Waals surface area contributed by atoms with E-state index < -0.39 is 4.92 Å². The van der Waals surface area contributed by atoms with Gasteiger partial charge in [0.05, 0.1) is 9.82 Å². The van der Waals surface area contributed by atoms with Crippen LogP contribution in [0, 0.1) is 10.1 Å². The van der Waals surface area contributed by atoms with Crippen molar-refractivity contribution in [3.8, 4) is 11.4 Å². The van der Waals surface area contributed by atoms with Crippen LogP contribution in [0.5, 0.6) is 0 Å². The molecule has 0 unspecified atom stereocenters. The number of aromatic nitrogens is 4. The number of hydrogen-bond donors (Lipinski definition) is 0. The fraction of sp³-hybridized carbons (Fsp3) is 0.130. The normalized spacial score (nSPS) is 10.8. The number of nitrogens with zero attached hydrogens (tertiary/aromatic N) is 5. The molecule has 0 aliphatic carbocycles. The molecule has 0 bridgehead atoms. The Morgan fingerprint density at radius 2 is 1.78 bits per heavy atom. The molecule has 2 heterocycles. The molecule has 4 aromatic rings. The van der Waals surface area contributed by atoms with Gasteiger partial charge in [-0.05, 0) is 42.4 Å². The molecule has 0 saturated heterocycles. The number of hydrogen-bond acceptors (Lipinski definition) is 7. The smallest absolute Gasteiger partial charge is 0.284 e. The average molecular weight is 446 g/mol. The third-order valence-electron chi connectivity index (χ3n) is 4.76. The molecule has 2 aromatic heterocycles. The van der Waals surface area contributed by atoms with Gasteiger partial charge in [-0.2, -0.15) is 0 Å². The molecule has 0 saturated carbocycles. The van der Waals surface area contributed by atoms with Crippen LogP contribution < -0.4 is 0 Å². The number of ketones is 1. The second-order valence-corrected chi connectivity index (χ2v) is 7.94. The molecule has 9 heteroatoms. The van der Waals surface area contributed by atoms with Crippen LogP contribution in [-0.4, -0.2) is 30.5 Å². The average Bonchev–Trinajstić information content (AvgIpc) is 3.22. The van der Waals surface area contributed by atoms with Gasteiger partial charge < -0.3 is 4.57 Å². The second kappa shape index (κ2) is 9.52. The van der Waals surface area contributed by atoms with Crippen molar-refractivity contribution < 1.29 is 9.72 Å². The third kappa shape index (κ3) is 4.42. The number of nitro groups is 1. The van der Waals surface area contributed by atoms with Crippen LogP contribution in [0.4, 0.5) is 5.69 Å². The lowest BCUT2D eigenvalue weighted by Gasteiger charge is -2.09. The van der Waals surface area contributed by atoms with Gasteiger partial charge in [0.2, 0.25) is 0 Å². The van der Waals surface area contributed by atoms with E-state index in [9.17, 15) is 14.9 Å². The Bertz CT molecular complexity index is 1260. The Morgan fingerprint density at radius 1 is 1.03 bits per heavy atom. The molecule has 32 heavy (non-hydrogen) atoms. The Labute approximate surface area is 188 Å². The molecule has 0 fully saturated rings. The Balaban J connectivity index is 1.70. The minimum atomic E-state index is -0.478. The van der Waals surface area contributed by atoms with Crippen molar-refractivity contribution in [1.82, 2.24) is 19.7 Å². The quantitative estimate of drug-likeness (QED) is 0.213. The predicted octanol–water partition coefficient (Wildman–Crippen LogP) is 5.04. The van der Waals surface area contributed by atoms with E-state index in [1.165, 1.54) is 6.07 Å². The fourth-order valence-corrected chi connectivity index (χ4v) is 4.19. The van der Waals surface area contributed by atoms with Gasteiger partial charge in [-0.1, -0.05) is 37.3 Å². The highest BCUT2D eigenvalue weighted by molar-refractivity contribution is 7.99. The molecular formula is C23H19N5O3S. The van der Waals surface area contributed by atoms with Crippen LogP contribution in [0.1, 0.15) is 29.3 Å². The molecule has 2 aromatic carbocycles. The number of carbonyl (C=O) groups excluding carboxylic acids is 1. The van der Waals surface area contributed by atoms with Crippen LogP contribution in [0.3, 0.4) is 0 Å². The number of pyridine rings is 1. The molecule has 0 N–H and O–H groups in total. The SMILES string of the molecule is CCCn1c(Sc2ccc(C(=O)c3ccccc3)cc2[N+](=O)[O-])nnc1-c1ccncc1. The van der Waals surface area contributed by atoms with Crippen molar-refractivity contribution in [3.63, 3.8) is 0 Å². The van der Waals surface area contributed by atoms with E-state index in [2.05, 4.69) is 15.2 Å². The van der Waals surface area contributed by atoms with E-state index in [0.29, 0.717) is 28.0 Å². The minimum Gasteiger partial charge on any atom is -0.302 e. The number of nitro benzene ring substituents is 1. The molecule has 160 valence electrons. The van der Waals surface area contributed by atoms with E-state index in [0.717, 1.165) is 23.7 Å². The van der Waals surface area contributed by atoms with Gasteiger partial charge in [0.1, 0.15) is 0 Å². The molecule has 8 nitrogen and oxygen atoms in total. The Hall–Kier alpha value is -3.85. The summed E-state index contributed by atoms with van der Waals surface area (Å²) in [6.45, 7) is 2.70. The summed E-state index contributed by atoms with van der Waals surface area (Å²) in [6.07, 6.45) is 4.21. The maximum Gasteiger partial charge on any atom is 0.284 e. The Kier molecular flexibility index (Phi) is 6.37. The van der Waals surface area contributed by atoms with Crippen molar-refractivity contribution in [2.45, 2.75) is 29.9 Å². The van der Waals surface area contributed by atoms with E-state index in [4.69, 9.17) is 0 Å². The molecule has 0 amide bonds. The van der Waals surface area contributed by atoms with Gasteiger partial charge in [-0.25, -0.2) is 0 Å². The fourth-order valence-electron chi connectivity index (χ4n) is 3.25. The molecular weight excluding hydrogens is 426 g/mol. The van der Waals surface area contributed by atoms with E-state index >= 15 is 0 Å². The largest absolute Gasteiger partial charge is 0.302 e. The summed E-state index contributed by atoms with van der Waals surface area (Å²) in [7, 11) is 0. The zero-order chi connectivity index (χ0) is 22.5. The first kappa shape index (κ1) is 21.4. The molecule has 4 rings (SSSR count). The summed E-state index contributed by atoms with van der Waals surface area (Å²) >= 11 is 1.16. The molecule has 0 spiro atoms. The monoisotopic (exact) mass is 445 g/mol. The first-order chi connectivity index (χ1) is 15.6. The van der Waals surface area contributed by atoms with E-state index in [-0.39, 0.29) is 17.0 Å². The standard InChI is InChI=1S/C23H19N5O3S/c1-2-14-27-22(17-10-12-24-13-11-17)25-26-23(27)32-20-9-8-18(15-19(20)28(30)31)21(29)16-6-4-3-5-7-16/h3-13,15H,2,14H2,1H3. The van der Waals surface area contributed by atoms with Gasteiger partial charge in [-0.3, -0.25) is 19.9 Å². The van der Waals surface area contributed by atoms with Crippen LogP contribution >= 0.6 is 11.8 Å². The maximum absolute atomic E-state index is 12.7. The summed E-state index contributed by atoms with van der Waals surface area (Å²) in [4.78, 5) is 28.5. The molecule has 0 radical (unpaired) electrons. The number of benzene rings is 2. The highest BCUT2D eigenvalue weighted by Crippen LogP contribution is 2.36. The van der Waals surface area contributed by atoms with Crippen molar-refractivity contribution in [3.05, 3.63) is 94.3 Å². The van der Waals surface area contributed by atoms with E-state index in [1.54, 1.807) is 48.8 Å². The zero-order valence-corrected chi connectivity index (χ0v) is 18.0. The van der Waals surface area contributed by atoms with Crippen molar-refractivity contribution in [2.24, 2.45) is 0 Å². The lowest BCUT2D eigenvalue weighted by Crippen LogP contribution is -2.04. The number of carbonyl (C=O) groups is 1. The minimum absolute atomic E-state index is 0.145. The van der Waals surface area contributed by atoms with Gasteiger partial charge in [0.25, 0.3) is 5.69 Å². The molecule has 0 aliphatic rings. The summed E-state index contributed by atoms with van der Waals surface area (Å²) in [6, 6.07) is 16.9. The van der Waals surface area contributed by atoms with Crippen LogP contribution in [-0.2, 0) is 6.54 Å². The van der Waals surface area contributed by atoms with Crippen LogP contribution in [0.15, 0.2) is 83.1 Å². The second-order valence-electron chi connectivity index (χ2n) is 6.93. The predicted molar refractivity (Wildman–Crippen MR) is 121 cm³/mol.